The predicted molar refractivity (Wildman–Crippen MR) is 107 cm³/mol. The Morgan fingerprint density at radius 1 is 0.857 bits per heavy atom. The van der Waals surface area contributed by atoms with E-state index in [1.165, 1.54) is 4.80 Å². The predicted octanol–water partition coefficient (Wildman–Crippen LogP) is 3.82. The van der Waals surface area contributed by atoms with Gasteiger partial charge in [-0.2, -0.15) is 9.90 Å². The van der Waals surface area contributed by atoms with Crippen LogP contribution in [0, 0.1) is 0 Å². The van der Waals surface area contributed by atoms with Crippen molar-refractivity contribution in [2.24, 2.45) is 0 Å². The zero-order valence-electron chi connectivity index (χ0n) is 15.0. The molecule has 0 unspecified atom stereocenters. The van der Waals surface area contributed by atoms with Gasteiger partial charge in [-0.25, -0.2) is 0 Å². The molecule has 6 nitrogen and oxygen atoms in total. The summed E-state index contributed by atoms with van der Waals surface area (Å²) in [6.07, 6.45) is 0.421. The second-order valence-electron chi connectivity index (χ2n) is 6.28. The van der Waals surface area contributed by atoms with Crippen LogP contribution >= 0.6 is 0 Å². The van der Waals surface area contributed by atoms with Gasteiger partial charge in [0, 0.05) is 12.1 Å². The van der Waals surface area contributed by atoms with Gasteiger partial charge in [-0.1, -0.05) is 48.5 Å². The van der Waals surface area contributed by atoms with E-state index in [-0.39, 0.29) is 17.4 Å². The highest BCUT2D eigenvalue weighted by molar-refractivity contribution is 6.03. The fourth-order valence-electron chi connectivity index (χ4n) is 2.83. The third kappa shape index (κ3) is 3.91. The monoisotopic (exact) mass is 370 g/mol. The van der Waals surface area contributed by atoms with Gasteiger partial charge in [-0.05, 0) is 42.0 Å². The molecule has 1 amide bonds. The first-order chi connectivity index (χ1) is 13.7. The molecule has 3 aromatic carbocycles. The van der Waals surface area contributed by atoms with Gasteiger partial charge in [0.25, 0.3) is 5.91 Å². The molecule has 0 bridgehead atoms. The number of benzene rings is 3. The number of aromatic hydroxyl groups is 1. The number of anilines is 1. The van der Waals surface area contributed by atoms with Crippen LogP contribution in [0.25, 0.3) is 5.69 Å². The molecule has 0 saturated heterocycles. The lowest BCUT2D eigenvalue weighted by Crippen LogP contribution is -2.15. The van der Waals surface area contributed by atoms with Crippen LogP contribution in [-0.2, 0) is 6.42 Å². The zero-order valence-corrected chi connectivity index (χ0v) is 15.0. The summed E-state index contributed by atoms with van der Waals surface area (Å²) in [6.45, 7) is 0. The number of hydrogen-bond acceptors (Lipinski definition) is 4. The van der Waals surface area contributed by atoms with Gasteiger partial charge in [-0.15, -0.1) is 5.10 Å². The lowest BCUT2D eigenvalue weighted by molar-refractivity contribution is 0.102. The Kier molecular flexibility index (Phi) is 4.84. The summed E-state index contributed by atoms with van der Waals surface area (Å²) < 4.78 is 0. The van der Waals surface area contributed by atoms with Gasteiger partial charge < -0.3 is 10.4 Å². The third-order valence-corrected chi connectivity index (χ3v) is 4.23. The third-order valence-electron chi connectivity index (χ3n) is 4.23. The summed E-state index contributed by atoms with van der Waals surface area (Å²) in [7, 11) is 0. The Labute approximate surface area is 162 Å². The SMILES string of the molecule is O=C(Nc1ccccc1)c1nn(-c2ccccc2)nc1Cc1ccc(O)cc1. The maximum atomic E-state index is 12.9. The van der Waals surface area contributed by atoms with Crippen molar-refractivity contribution >= 4 is 11.6 Å². The van der Waals surface area contributed by atoms with Crippen LogP contribution in [0.4, 0.5) is 5.69 Å². The van der Waals surface area contributed by atoms with Gasteiger partial charge >= 0.3 is 0 Å². The van der Waals surface area contributed by atoms with E-state index >= 15 is 0 Å². The lowest BCUT2D eigenvalue weighted by atomic mass is 10.1. The maximum Gasteiger partial charge on any atom is 0.278 e. The van der Waals surface area contributed by atoms with E-state index < -0.39 is 0 Å². The van der Waals surface area contributed by atoms with Crippen LogP contribution < -0.4 is 5.32 Å². The number of nitrogens with zero attached hydrogens (tertiary/aromatic N) is 3. The number of nitrogens with one attached hydrogen (secondary N) is 1. The molecule has 2 N–H and O–H groups in total. The molecule has 0 aliphatic heterocycles. The Morgan fingerprint density at radius 3 is 2.18 bits per heavy atom. The minimum atomic E-state index is -0.317. The molecular weight excluding hydrogens is 352 g/mol. The molecule has 0 radical (unpaired) electrons. The molecule has 138 valence electrons. The van der Waals surface area contributed by atoms with E-state index in [1.54, 1.807) is 24.3 Å². The molecule has 4 rings (SSSR count). The van der Waals surface area contributed by atoms with E-state index in [0.717, 1.165) is 11.3 Å². The van der Waals surface area contributed by atoms with Crippen molar-refractivity contribution in [3.63, 3.8) is 0 Å². The highest BCUT2D eigenvalue weighted by Gasteiger charge is 2.20. The molecule has 4 aromatic rings. The van der Waals surface area contributed by atoms with Crippen LogP contribution in [-0.4, -0.2) is 26.0 Å². The highest BCUT2D eigenvalue weighted by atomic mass is 16.3. The molecule has 0 fully saturated rings. The summed E-state index contributed by atoms with van der Waals surface area (Å²) in [5, 5.41) is 21.3. The average molecular weight is 370 g/mol. The Balaban J connectivity index is 1.69. The first kappa shape index (κ1) is 17.5. The van der Waals surface area contributed by atoms with E-state index in [2.05, 4.69) is 15.5 Å². The average Bonchev–Trinajstić information content (AvgIpc) is 3.15. The number of amides is 1. The topological polar surface area (TPSA) is 80.0 Å². The molecule has 0 saturated carbocycles. The lowest BCUT2D eigenvalue weighted by Gasteiger charge is -2.04. The smallest absolute Gasteiger partial charge is 0.278 e. The molecule has 28 heavy (non-hydrogen) atoms. The Hall–Kier alpha value is -3.93. The molecule has 0 spiro atoms. The van der Waals surface area contributed by atoms with Crippen molar-refractivity contribution < 1.29 is 9.90 Å². The maximum absolute atomic E-state index is 12.9. The van der Waals surface area contributed by atoms with Crippen molar-refractivity contribution in [1.82, 2.24) is 15.0 Å². The van der Waals surface area contributed by atoms with E-state index in [0.29, 0.717) is 17.8 Å². The summed E-state index contributed by atoms with van der Waals surface area (Å²) in [4.78, 5) is 14.3. The largest absolute Gasteiger partial charge is 0.508 e. The van der Waals surface area contributed by atoms with Crippen molar-refractivity contribution in [2.75, 3.05) is 5.32 Å². The number of hydrogen-bond donors (Lipinski definition) is 2. The van der Waals surface area contributed by atoms with Gasteiger partial charge in [0.1, 0.15) is 11.4 Å². The van der Waals surface area contributed by atoms with Crippen LogP contribution in [0.3, 0.4) is 0 Å². The summed E-state index contributed by atoms with van der Waals surface area (Å²) >= 11 is 0. The van der Waals surface area contributed by atoms with Crippen LogP contribution in [0.15, 0.2) is 84.9 Å². The van der Waals surface area contributed by atoms with Crippen molar-refractivity contribution in [3.05, 3.63) is 102 Å². The van der Waals surface area contributed by atoms with Gasteiger partial charge in [0.05, 0.1) is 5.69 Å². The number of carbonyl (C=O) groups is 1. The van der Waals surface area contributed by atoms with Crippen molar-refractivity contribution in [2.45, 2.75) is 6.42 Å². The number of para-hydroxylation sites is 2. The number of aromatic nitrogens is 3. The highest BCUT2D eigenvalue weighted by Crippen LogP contribution is 2.17. The normalized spacial score (nSPS) is 10.6. The molecular formula is C22H18N4O2. The minimum absolute atomic E-state index is 0.193. The van der Waals surface area contributed by atoms with Gasteiger partial charge in [0.15, 0.2) is 5.69 Å². The first-order valence-electron chi connectivity index (χ1n) is 8.85. The van der Waals surface area contributed by atoms with E-state index in [1.807, 2.05) is 60.7 Å². The second-order valence-corrected chi connectivity index (χ2v) is 6.28. The number of carbonyl (C=O) groups excluding carboxylic acids is 1. The fraction of sp³-hybridized carbons (Fsp3) is 0.0455. The fourth-order valence-corrected chi connectivity index (χ4v) is 2.83. The Bertz CT molecular complexity index is 1070. The summed E-state index contributed by atoms with van der Waals surface area (Å²) in [5.41, 5.74) is 3.21. The second kappa shape index (κ2) is 7.75. The van der Waals surface area contributed by atoms with E-state index in [9.17, 15) is 9.90 Å². The number of phenols is 1. The van der Waals surface area contributed by atoms with Crippen LogP contribution in [0.2, 0.25) is 0 Å². The molecule has 0 aliphatic carbocycles. The van der Waals surface area contributed by atoms with E-state index in [4.69, 9.17) is 0 Å². The van der Waals surface area contributed by atoms with Crippen molar-refractivity contribution in [1.29, 1.82) is 0 Å². The Morgan fingerprint density at radius 2 is 1.50 bits per heavy atom. The number of phenolic OH excluding ortho intramolecular Hbond substituents is 1. The summed E-state index contributed by atoms with van der Waals surface area (Å²) in [6, 6.07) is 25.5. The van der Waals surface area contributed by atoms with Crippen LogP contribution in [0.1, 0.15) is 21.7 Å². The molecule has 0 aliphatic rings. The standard InChI is InChI=1S/C22H18N4O2/c27-19-13-11-16(12-14-19)15-20-21(22(28)23-17-7-3-1-4-8-17)25-26(24-20)18-9-5-2-6-10-18/h1-14,27H,15H2,(H,23,28). The first-order valence-corrected chi connectivity index (χ1v) is 8.85. The quantitative estimate of drug-likeness (QED) is 0.560. The molecule has 6 heteroatoms. The molecule has 0 atom stereocenters. The van der Waals surface area contributed by atoms with Crippen molar-refractivity contribution in [3.8, 4) is 11.4 Å². The van der Waals surface area contributed by atoms with Gasteiger partial charge in [-0.3, -0.25) is 4.79 Å². The summed E-state index contributed by atoms with van der Waals surface area (Å²) in [5.74, 6) is -0.124. The molecule has 1 heterocycles. The van der Waals surface area contributed by atoms with Gasteiger partial charge in [0.2, 0.25) is 0 Å². The number of rotatable bonds is 5. The van der Waals surface area contributed by atoms with Crippen LogP contribution in [0.5, 0.6) is 5.75 Å². The zero-order chi connectivity index (χ0) is 19.3. The minimum Gasteiger partial charge on any atom is -0.508 e. The molecule has 1 aromatic heterocycles.